The second-order valence-electron chi connectivity index (χ2n) is 19.7. The van der Waals surface area contributed by atoms with E-state index in [2.05, 4.69) is 54.1 Å². The molecule has 0 aliphatic carbocycles. The molecule has 0 fully saturated rings. The van der Waals surface area contributed by atoms with E-state index in [-0.39, 0.29) is 75.3 Å². The third-order valence-corrected chi connectivity index (χ3v) is 12.6. The minimum atomic E-state index is -1.77. The van der Waals surface area contributed by atoms with Gasteiger partial charge in [-0.1, -0.05) is 97.8 Å². The number of carboxylic acid groups (broad SMARTS) is 1. The first-order valence-electron chi connectivity index (χ1n) is 27.5. The lowest BCUT2D eigenvalue weighted by molar-refractivity contribution is -0.139. The van der Waals surface area contributed by atoms with Crippen LogP contribution in [0.1, 0.15) is 175 Å². The number of Topliss-reactive ketones (excluding diaryl/α,β-unsaturated/α-hetero) is 1. The number of amides is 7. The lowest BCUT2D eigenvalue weighted by Gasteiger charge is -2.27. The summed E-state index contributed by atoms with van der Waals surface area (Å²) in [5.74, 6) is -8.65. The number of carbonyl (C=O) groups excluding carboxylic acids is 8. The zero-order valence-corrected chi connectivity index (χ0v) is 46.2. The SMILES string of the molecule is CCCCCCCCCCCCCCCC(=O)N[C@H](C(=O)N[C@@H](CO)C(=O)N[C@@H](CO)C(=O)N[C@@H](CCCN=C(N)N)C(=O)N[C@@H](CCC(=O)O)C(=O)N[C@@H](CCCCN)C(=O)N[C@@H](CCCN=C(N)N)C(C)=O)C(C)C. The van der Waals surface area contributed by atoms with Crippen molar-refractivity contribution in [1.29, 1.82) is 0 Å². The Labute approximate surface area is 454 Å². The molecule has 77 heavy (non-hydrogen) atoms. The Bertz CT molecular complexity index is 1850. The van der Waals surface area contributed by atoms with Gasteiger partial charge in [0.2, 0.25) is 41.4 Å². The first-order valence-corrected chi connectivity index (χ1v) is 27.5. The van der Waals surface area contributed by atoms with Gasteiger partial charge in [0.1, 0.15) is 36.3 Å². The quantitative estimate of drug-likeness (QED) is 0.0201. The van der Waals surface area contributed by atoms with Crippen molar-refractivity contribution in [2.75, 3.05) is 32.8 Å². The molecule has 26 heteroatoms. The van der Waals surface area contributed by atoms with E-state index in [0.29, 0.717) is 25.7 Å². The van der Waals surface area contributed by atoms with Crippen LogP contribution in [0, 0.1) is 5.92 Å². The summed E-state index contributed by atoms with van der Waals surface area (Å²) in [4.78, 5) is 127. The first-order chi connectivity index (χ1) is 36.6. The highest BCUT2D eigenvalue weighted by Gasteiger charge is 2.34. The van der Waals surface area contributed by atoms with Crippen LogP contribution in [0.2, 0.25) is 0 Å². The van der Waals surface area contributed by atoms with Gasteiger partial charge in [-0.05, 0) is 77.2 Å². The Hall–Kier alpha value is -6.15. The van der Waals surface area contributed by atoms with Gasteiger partial charge in [-0.3, -0.25) is 53.1 Å². The fraction of sp³-hybridized carbons (Fsp3) is 0.784. The summed E-state index contributed by atoms with van der Waals surface area (Å²) in [6.07, 6.45) is 15.1. The van der Waals surface area contributed by atoms with Crippen LogP contribution in [0.15, 0.2) is 9.98 Å². The molecule has 0 radical (unpaired) electrons. The number of rotatable bonds is 46. The molecule has 442 valence electrons. The first kappa shape index (κ1) is 70.8. The maximum Gasteiger partial charge on any atom is 0.303 e. The number of aliphatic carboxylic acids is 1. The van der Waals surface area contributed by atoms with Gasteiger partial charge in [-0.2, -0.15) is 0 Å². The molecule has 0 saturated carbocycles. The van der Waals surface area contributed by atoms with Gasteiger partial charge in [0.25, 0.3) is 0 Å². The number of nitrogens with zero attached hydrogens (tertiary/aromatic N) is 2. The van der Waals surface area contributed by atoms with Crippen LogP contribution in [0.4, 0.5) is 0 Å². The van der Waals surface area contributed by atoms with E-state index < -0.39 is 116 Å². The molecule has 0 rings (SSSR count). The Morgan fingerprint density at radius 2 is 0.805 bits per heavy atom. The van der Waals surface area contributed by atoms with Crippen molar-refractivity contribution < 1.29 is 58.5 Å². The predicted octanol–water partition coefficient (Wildman–Crippen LogP) is -0.808. The summed E-state index contributed by atoms with van der Waals surface area (Å²) < 4.78 is 0. The second-order valence-corrected chi connectivity index (χ2v) is 19.7. The number of hydrogen-bond donors (Lipinski definition) is 15. The number of aliphatic imine (C=N–C) groups is 2. The maximum absolute atomic E-state index is 14.0. The number of guanidine groups is 2. The van der Waals surface area contributed by atoms with Crippen molar-refractivity contribution in [1.82, 2.24) is 37.2 Å². The summed E-state index contributed by atoms with van der Waals surface area (Å²) >= 11 is 0. The highest BCUT2D eigenvalue weighted by atomic mass is 16.4. The molecule has 0 aromatic heterocycles. The van der Waals surface area contributed by atoms with Crippen molar-refractivity contribution in [2.45, 2.75) is 218 Å². The van der Waals surface area contributed by atoms with Gasteiger partial charge in [-0.15, -0.1) is 0 Å². The Morgan fingerprint density at radius 3 is 1.19 bits per heavy atom. The molecular weight excluding hydrogens is 1000 g/mol. The average Bonchev–Trinajstić information content (AvgIpc) is 3.37. The second kappa shape index (κ2) is 42.9. The lowest BCUT2D eigenvalue weighted by Crippen LogP contribution is -2.61. The highest BCUT2D eigenvalue weighted by Crippen LogP contribution is 2.14. The minimum Gasteiger partial charge on any atom is -0.481 e. The van der Waals surface area contributed by atoms with E-state index >= 15 is 0 Å². The minimum absolute atomic E-state index is 0.0324. The Kier molecular flexibility index (Phi) is 39.5. The standard InChI is InChI=1S/C51H96N14O12/c1-5-6-7-8-9-10-11-12-13-14-15-16-17-25-41(69)65-43(33(2)3)49(77)64-40(32-67)48(76)63-39(31-66)47(75)61-37(24-21-30-58-51(55)56)45(73)62-38(26-27-42(70)71)46(74)60-36(22-18-19-28-52)44(72)59-35(34(4)68)23-20-29-57-50(53)54/h33,35-40,43,66-67H,5-32,52H2,1-4H3,(H,59,72)(H,60,74)(H,61,75)(H,62,73)(H,63,76)(H,64,77)(H,65,69)(H,70,71)(H4,53,54,57)(H4,55,56,58)/t35-,36-,37-,38-,39-,40-,43-/m0/s1. The number of ketones is 1. The molecule has 7 atom stereocenters. The number of unbranched alkanes of at least 4 members (excludes halogenated alkanes) is 13. The maximum atomic E-state index is 14.0. The van der Waals surface area contributed by atoms with E-state index in [1.807, 2.05) is 0 Å². The van der Waals surface area contributed by atoms with Crippen molar-refractivity contribution >= 4 is 65.0 Å². The number of carbonyl (C=O) groups is 9. The van der Waals surface area contributed by atoms with Crippen molar-refractivity contribution in [3.8, 4) is 0 Å². The molecule has 0 saturated heterocycles. The van der Waals surface area contributed by atoms with Gasteiger partial charge < -0.3 is 81.2 Å². The van der Waals surface area contributed by atoms with Gasteiger partial charge in [0, 0.05) is 25.9 Å². The molecule has 26 nitrogen and oxygen atoms in total. The number of aliphatic hydroxyl groups is 2. The van der Waals surface area contributed by atoms with Crippen LogP contribution < -0.4 is 65.9 Å². The molecule has 0 aromatic carbocycles. The van der Waals surface area contributed by atoms with E-state index in [4.69, 9.17) is 28.7 Å². The van der Waals surface area contributed by atoms with Crippen LogP contribution in [0.25, 0.3) is 0 Å². The monoisotopic (exact) mass is 1100 g/mol. The van der Waals surface area contributed by atoms with Gasteiger partial charge in [0.15, 0.2) is 17.7 Å². The van der Waals surface area contributed by atoms with E-state index in [9.17, 15) is 58.5 Å². The lowest BCUT2D eigenvalue weighted by atomic mass is 10.0. The summed E-state index contributed by atoms with van der Waals surface area (Å²) in [6, 6.07) is -9.90. The molecule has 0 aliphatic rings. The number of hydrogen-bond acceptors (Lipinski definition) is 14. The molecule has 0 spiro atoms. The number of aliphatic hydroxyl groups excluding tert-OH is 2. The van der Waals surface area contributed by atoms with Crippen LogP contribution in [0.5, 0.6) is 0 Å². The van der Waals surface area contributed by atoms with Crippen LogP contribution in [-0.2, 0) is 43.2 Å². The molecule has 0 aromatic rings. The third-order valence-electron chi connectivity index (χ3n) is 12.6. The van der Waals surface area contributed by atoms with E-state index in [1.165, 1.54) is 58.3 Å². The number of carboxylic acids is 1. The van der Waals surface area contributed by atoms with Gasteiger partial charge in [-0.25, -0.2) is 0 Å². The molecule has 0 heterocycles. The summed E-state index contributed by atoms with van der Waals surface area (Å²) in [7, 11) is 0. The molecule has 0 bridgehead atoms. The topological polar surface area (TPSA) is 453 Å². The molecule has 20 N–H and O–H groups in total. The smallest absolute Gasteiger partial charge is 0.303 e. The summed E-state index contributed by atoms with van der Waals surface area (Å²) in [5.41, 5.74) is 27.3. The normalized spacial score (nSPS) is 13.8. The predicted molar refractivity (Wildman–Crippen MR) is 293 cm³/mol. The molecule has 7 amide bonds. The van der Waals surface area contributed by atoms with Gasteiger partial charge in [0.05, 0.1) is 19.3 Å². The fourth-order valence-electron chi connectivity index (χ4n) is 8.05. The van der Waals surface area contributed by atoms with Crippen molar-refractivity contribution in [2.24, 2.45) is 44.6 Å². The van der Waals surface area contributed by atoms with Crippen molar-refractivity contribution in [3.05, 3.63) is 0 Å². The fourth-order valence-corrected chi connectivity index (χ4v) is 8.05. The zero-order valence-electron chi connectivity index (χ0n) is 46.2. The van der Waals surface area contributed by atoms with Crippen LogP contribution in [-0.4, -0.2) is 155 Å². The number of nitrogens with two attached hydrogens (primary N) is 5. The molecule has 0 aliphatic heterocycles. The van der Waals surface area contributed by atoms with Crippen LogP contribution in [0.3, 0.4) is 0 Å². The van der Waals surface area contributed by atoms with E-state index in [0.717, 1.165) is 25.7 Å². The summed E-state index contributed by atoms with van der Waals surface area (Å²) in [6.45, 7) is 5.29. The average molecular weight is 1100 g/mol. The third kappa shape index (κ3) is 34.3. The van der Waals surface area contributed by atoms with Gasteiger partial charge >= 0.3 is 5.97 Å². The van der Waals surface area contributed by atoms with Crippen LogP contribution >= 0.6 is 0 Å². The Morgan fingerprint density at radius 1 is 0.442 bits per heavy atom. The van der Waals surface area contributed by atoms with E-state index in [1.54, 1.807) is 13.8 Å². The number of nitrogens with one attached hydrogen (secondary N) is 7. The molecular formula is C51H96N14O12. The largest absolute Gasteiger partial charge is 0.481 e. The van der Waals surface area contributed by atoms with Crippen molar-refractivity contribution in [3.63, 3.8) is 0 Å². The zero-order chi connectivity index (χ0) is 58.1. The summed E-state index contributed by atoms with van der Waals surface area (Å²) in [5, 5.41) is 47.4. The Balaban J connectivity index is 6.03. The highest BCUT2D eigenvalue weighted by molar-refractivity contribution is 5.98. The molecule has 0 unspecified atom stereocenters.